The molecule has 2 aromatic rings. The summed E-state index contributed by atoms with van der Waals surface area (Å²) in [5.74, 6) is 0. The average Bonchev–Trinajstić information content (AvgIpc) is 2.91. The van der Waals surface area contributed by atoms with Gasteiger partial charge in [-0.25, -0.2) is 13.4 Å². The number of pyridine rings is 1. The highest BCUT2D eigenvalue weighted by Crippen LogP contribution is 2.18. The van der Waals surface area contributed by atoms with Gasteiger partial charge in [0.2, 0.25) is 10.0 Å². The molecule has 0 aliphatic carbocycles. The standard InChI is InChI=1S/C12H11N3O3S/c1-15(8-10-4-6-18-9-10)19(16,17)12-3-2-5-14-11(12)7-13/h2-6,9H,8H2,1H3. The highest BCUT2D eigenvalue weighted by atomic mass is 32.2. The molecule has 2 aromatic heterocycles. The Hall–Kier alpha value is -2.17. The van der Waals surface area contributed by atoms with Crippen molar-refractivity contribution in [1.82, 2.24) is 9.29 Å². The summed E-state index contributed by atoms with van der Waals surface area (Å²) in [6, 6.07) is 6.31. The molecule has 7 heteroatoms. The van der Waals surface area contributed by atoms with Crippen LogP contribution in [0.5, 0.6) is 0 Å². The van der Waals surface area contributed by atoms with Crippen LogP contribution in [0.2, 0.25) is 0 Å². The molecular weight excluding hydrogens is 266 g/mol. The van der Waals surface area contributed by atoms with Gasteiger partial charge in [0, 0.05) is 25.4 Å². The van der Waals surface area contributed by atoms with Crippen LogP contribution < -0.4 is 0 Å². The molecule has 0 aliphatic rings. The Morgan fingerprint density at radius 2 is 2.26 bits per heavy atom. The van der Waals surface area contributed by atoms with Crippen LogP contribution in [0.1, 0.15) is 11.3 Å². The van der Waals surface area contributed by atoms with Crippen LogP contribution in [0.15, 0.2) is 46.2 Å². The van der Waals surface area contributed by atoms with Crippen LogP contribution in [-0.4, -0.2) is 24.8 Å². The molecule has 0 N–H and O–H groups in total. The van der Waals surface area contributed by atoms with Crippen LogP contribution in [0.3, 0.4) is 0 Å². The first-order chi connectivity index (χ1) is 9.05. The molecule has 0 unspecified atom stereocenters. The van der Waals surface area contributed by atoms with Gasteiger partial charge in [-0.05, 0) is 18.2 Å². The molecule has 0 aliphatic heterocycles. The molecule has 0 amide bonds. The Bertz CT molecular complexity index is 702. The molecule has 0 fully saturated rings. The van der Waals surface area contributed by atoms with Gasteiger partial charge < -0.3 is 4.42 Å². The average molecular weight is 277 g/mol. The number of furan rings is 1. The van der Waals surface area contributed by atoms with Crippen molar-refractivity contribution >= 4 is 10.0 Å². The molecule has 0 aromatic carbocycles. The van der Waals surface area contributed by atoms with Crippen molar-refractivity contribution in [1.29, 1.82) is 5.26 Å². The van der Waals surface area contributed by atoms with Gasteiger partial charge in [0.1, 0.15) is 11.0 Å². The summed E-state index contributed by atoms with van der Waals surface area (Å²) in [4.78, 5) is 3.66. The van der Waals surface area contributed by atoms with E-state index in [2.05, 4.69) is 4.98 Å². The topological polar surface area (TPSA) is 87.2 Å². The van der Waals surface area contributed by atoms with E-state index in [9.17, 15) is 8.42 Å². The second-order valence-corrected chi connectivity index (χ2v) is 5.87. The number of hydrogen-bond acceptors (Lipinski definition) is 5. The lowest BCUT2D eigenvalue weighted by Crippen LogP contribution is -2.27. The zero-order chi connectivity index (χ0) is 13.9. The third-order valence-corrected chi connectivity index (χ3v) is 4.39. The number of hydrogen-bond donors (Lipinski definition) is 0. The van der Waals surface area contributed by atoms with Crippen LogP contribution in [0.4, 0.5) is 0 Å². The third-order valence-electron chi connectivity index (χ3n) is 2.55. The van der Waals surface area contributed by atoms with Crippen molar-refractivity contribution < 1.29 is 12.8 Å². The Kier molecular flexibility index (Phi) is 3.64. The van der Waals surface area contributed by atoms with Gasteiger partial charge in [-0.3, -0.25) is 0 Å². The van der Waals surface area contributed by atoms with Crippen LogP contribution in [-0.2, 0) is 16.6 Å². The Balaban J connectivity index is 2.34. The van der Waals surface area contributed by atoms with E-state index in [1.165, 1.54) is 37.9 Å². The van der Waals surface area contributed by atoms with Crippen molar-refractivity contribution in [3.63, 3.8) is 0 Å². The molecule has 6 nitrogen and oxygen atoms in total. The predicted octanol–water partition coefficient (Wildman–Crippen LogP) is 1.37. The minimum Gasteiger partial charge on any atom is -0.472 e. The third kappa shape index (κ3) is 2.65. The monoisotopic (exact) mass is 277 g/mol. The largest absolute Gasteiger partial charge is 0.472 e. The molecule has 2 heterocycles. The first-order valence-corrected chi connectivity index (χ1v) is 6.82. The number of nitrogens with zero attached hydrogens (tertiary/aromatic N) is 3. The van der Waals surface area contributed by atoms with E-state index in [-0.39, 0.29) is 17.1 Å². The summed E-state index contributed by atoms with van der Waals surface area (Å²) in [5.41, 5.74) is 0.620. The van der Waals surface area contributed by atoms with Crippen molar-refractivity contribution in [2.24, 2.45) is 0 Å². The lowest BCUT2D eigenvalue weighted by atomic mass is 10.3. The van der Waals surface area contributed by atoms with E-state index < -0.39 is 10.0 Å². The zero-order valence-electron chi connectivity index (χ0n) is 10.1. The summed E-state index contributed by atoms with van der Waals surface area (Å²) < 4.78 is 30.7. The molecule has 0 spiro atoms. The Morgan fingerprint density at radius 3 is 2.89 bits per heavy atom. The van der Waals surface area contributed by atoms with Crippen molar-refractivity contribution in [2.75, 3.05) is 7.05 Å². The maximum absolute atomic E-state index is 12.3. The van der Waals surface area contributed by atoms with Gasteiger partial charge in [0.15, 0.2) is 5.69 Å². The van der Waals surface area contributed by atoms with E-state index in [4.69, 9.17) is 9.68 Å². The SMILES string of the molecule is CN(Cc1ccoc1)S(=O)(=O)c1cccnc1C#N. The van der Waals surface area contributed by atoms with E-state index in [0.29, 0.717) is 0 Å². The zero-order valence-corrected chi connectivity index (χ0v) is 11.0. The fourth-order valence-corrected chi connectivity index (χ4v) is 2.82. The van der Waals surface area contributed by atoms with E-state index >= 15 is 0 Å². The Morgan fingerprint density at radius 1 is 1.47 bits per heavy atom. The van der Waals surface area contributed by atoms with E-state index in [1.54, 1.807) is 12.1 Å². The molecule has 0 radical (unpaired) electrons. The van der Waals surface area contributed by atoms with Gasteiger partial charge in [0.05, 0.1) is 12.5 Å². The van der Waals surface area contributed by atoms with Crippen LogP contribution in [0.25, 0.3) is 0 Å². The van der Waals surface area contributed by atoms with Crippen molar-refractivity contribution in [2.45, 2.75) is 11.4 Å². The lowest BCUT2D eigenvalue weighted by molar-refractivity contribution is 0.463. The van der Waals surface area contributed by atoms with Gasteiger partial charge in [-0.1, -0.05) is 0 Å². The highest BCUT2D eigenvalue weighted by Gasteiger charge is 2.24. The molecular formula is C12H11N3O3S. The number of nitriles is 1. The summed E-state index contributed by atoms with van der Waals surface area (Å²) >= 11 is 0. The predicted molar refractivity (Wildman–Crippen MR) is 66.3 cm³/mol. The fourth-order valence-electron chi connectivity index (χ4n) is 1.58. The normalized spacial score (nSPS) is 11.4. The Labute approximate surface area is 111 Å². The minimum absolute atomic E-state index is 0.0940. The molecule has 0 bridgehead atoms. The number of rotatable bonds is 4. The van der Waals surface area contributed by atoms with E-state index in [0.717, 1.165) is 9.87 Å². The second kappa shape index (κ2) is 5.22. The summed E-state index contributed by atoms with van der Waals surface area (Å²) in [5, 5.41) is 8.91. The molecule has 19 heavy (non-hydrogen) atoms. The molecule has 0 saturated carbocycles. The van der Waals surface area contributed by atoms with Crippen LogP contribution >= 0.6 is 0 Å². The summed E-state index contributed by atoms with van der Waals surface area (Å²) in [6.07, 6.45) is 4.33. The molecule has 0 atom stereocenters. The summed E-state index contributed by atoms with van der Waals surface area (Å²) in [7, 11) is -2.31. The van der Waals surface area contributed by atoms with Gasteiger partial charge in [-0.2, -0.15) is 9.57 Å². The molecule has 98 valence electrons. The van der Waals surface area contributed by atoms with Crippen molar-refractivity contribution in [3.8, 4) is 6.07 Å². The van der Waals surface area contributed by atoms with Gasteiger partial charge >= 0.3 is 0 Å². The fraction of sp³-hybridized carbons (Fsp3) is 0.167. The number of sulfonamides is 1. The molecule has 0 saturated heterocycles. The number of aromatic nitrogens is 1. The van der Waals surface area contributed by atoms with Crippen molar-refractivity contribution in [3.05, 3.63) is 48.2 Å². The van der Waals surface area contributed by atoms with E-state index in [1.807, 2.05) is 0 Å². The maximum Gasteiger partial charge on any atom is 0.246 e. The maximum atomic E-state index is 12.3. The first-order valence-electron chi connectivity index (χ1n) is 5.38. The van der Waals surface area contributed by atoms with Crippen LogP contribution in [0, 0.1) is 11.3 Å². The highest BCUT2D eigenvalue weighted by molar-refractivity contribution is 7.89. The smallest absolute Gasteiger partial charge is 0.246 e. The van der Waals surface area contributed by atoms with Gasteiger partial charge in [-0.15, -0.1) is 0 Å². The first kappa shape index (κ1) is 13.3. The quantitative estimate of drug-likeness (QED) is 0.842. The second-order valence-electron chi connectivity index (χ2n) is 3.85. The lowest BCUT2D eigenvalue weighted by Gasteiger charge is -2.16. The minimum atomic E-state index is -3.75. The molecule has 2 rings (SSSR count). The van der Waals surface area contributed by atoms with Gasteiger partial charge in [0.25, 0.3) is 0 Å². The summed E-state index contributed by atoms with van der Waals surface area (Å²) in [6.45, 7) is 0.165.